The van der Waals surface area contributed by atoms with E-state index < -0.39 is 0 Å². The topological polar surface area (TPSA) is 39.1 Å². The molecule has 0 bridgehead atoms. The molecule has 0 aliphatic carbocycles. The average molecular weight is 315 g/mol. The van der Waals surface area contributed by atoms with E-state index in [0.717, 1.165) is 22.9 Å². The maximum absolute atomic E-state index is 5.17. The summed E-state index contributed by atoms with van der Waals surface area (Å²) in [5.41, 5.74) is 2.01. The van der Waals surface area contributed by atoms with Gasteiger partial charge in [-0.3, -0.25) is 0 Å². The van der Waals surface area contributed by atoms with Crippen molar-refractivity contribution in [3.63, 3.8) is 0 Å². The fraction of sp³-hybridized carbons (Fsp3) is 0.0500. The molecule has 0 unspecified atom stereocenters. The smallest absolute Gasteiger partial charge is 0.152 e. The predicted molar refractivity (Wildman–Crippen MR) is 97.3 cm³/mol. The van der Waals surface area contributed by atoms with Crippen molar-refractivity contribution in [1.29, 1.82) is 0 Å². The predicted octanol–water partition coefficient (Wildman–Crippen LogP) is 4.78. The highest BCUT2D eigenvalue weighted by atomic mass is 16.5. The normalized spacial score (nSPS) is 10.7. The summed E-state index contributed by atoms with van der Waals surface area (Å²) in [4.78, 5) is 0. The summed E-state index contributed by atoms with van der Waals surface area (Å²) in [5, 5.41) is 10.3. The van der Waals surface area contributed by atoms with Crippen LogP contribution >= 0.6 is 0 Å². The monoisotopic (exact) mass is 315 g/mol. The van der Waals surface area contributed by atoms with Crippen molar-refractivity contribution in [2.75, 3.05) is 12.4 Å². The van der Waals surface area contributed by atoms with Crippen molar-refractivity contribution in [3.05, 3.63) is 79.0 Å². The lowest BCUT2D eigenvalue weighted by Gasteiger charge is -2.05. The molecule has 3 aromatic carbocycles. The van der Waals surface area contributed by atoms with Crippen molar-refractivity contribution in [2.24, 2.45) is 0 Å². The van der Waals surface area contributed by atoms with E-state index in [-0.39, 0.29) is 0 Å². The standard InChI is InChI=1S/C20H17N3O/c1-24-19-10-7-17(8-11-19)21-20-12-13-23(22-20)18-9-6-15-4-2-3-5-16(15)14-18/h2-14H,1H3,(H,21,22). The minimum Gasteiger partial charge on any atom is -0.497 e. The van der Waals surface area contributed by atoms with Crippen molar-refractivity contribution in [1.82, 2.24) is 9.78 Å². The van der Waals surface area contributed by atoms with Crippen LogP contribution in [0.2, 0.25) is 0 Å². The molecule has 0 spiro atoms. The molecule has 0 aliphatic rings. The summed E-state index contributed by atoms with van der Waals surface area (Å²) in [7, 11) is 1.66. The van der Waals surface area contributed by atoms with Crippen LogP contribution in [0.15, 0.2) is 79.0 Å². The summed E-state index contributed by atoms with van der Waals surface area (Å²) in [6.07, 6.45) is 1.95. The molecule has 0 saturated heterocycles. The van der Waals surface area contributed by atoms with Gasteiger partial charge in [-0.25, -0.2) is 4.68 Å². The first-order chi connectivity index (χ1) is 11.8. The molecule has 4 nitrogen and oxygen atoms in total. The van der Waals surface area contributed by atoms with E-state index >= 15 is 0 Å². The maximum atomic E-state index is 5.17. The van der Waals surface area contributed by atoms with Gasteiger partial charge in [0.15, 0.2) is 5.82 Å². The highest BCUT2D eigenvalue weighted by Gasteiger charge is 2.03. The van der Waals surface area contributed by atoms with Crippen molar-refractivity contribution in [2.45, 2.75) is 0 Å². The molecule has 0 aliphatic heterocycles. The lowest BCUT2D eigenvalue weighted by Crippen LogP contribution is -1.97. The first-order valence-corrected chi connectivity index (χ1v) is 7.78. The molecule has 0 amide bonds. The molecule has 1 N–H and O–H groups in total. The number of hydrogen-bond donors (Lipinski definition) is 1. The number of aromatic nitrogens is 2. The van der Waals surface area contributed by atoms with Crippen LogP contribution in [0.25, 0.3) is 16.5 Å². The largest absolute Gasteiger partial charge is 0.497 e. The van der Waals surface area contributed by atoms with Gasteiger partial charge in [-0.05, 0) is 47.2 Å². The number of anilines is 2. The fourth-order valence-corrected chi connectivity index (χ4v) is 2.68. The van der Waals surface area contributed by atoms with E-state index in [2.05, 4.69) is 40.7 Å². The van der Waals surface area contributed by atoms with Crippen LogP contribution < -0.4 is 10.1 Å². The van der Waals surface area contributed by atoms with Crippen LogP contribution in [0, 0.1) is 0 Å². The van der Waals surface area contributed by atoms with Crippen molar-refractivity contribution in [3.8, 4) is 11.4 Å². The number of methoxy groups -OCH3 is 1. The number of ether oxygens (including phenoxy) is 1. The number of fused-ring (bicyclic) bond motifs is 1. The van der Waals surface area contributed by atoms with Gasteiger partial charge in [-0.15, -0.1) is 0 Å². The van der Waals surface area contributed by atoms with Crippen LogP contribution in [0.4, 0.5) is 11.5 Å². The zero-order valence-corrected chi connectivity index (χ0v) is 13.3. The molecule has 0 radical (unpaired) electrons. The zero-order valence-electron chi connectivity index (χ0n) is 13.3. The van der Waals surface area contributed by atoms with Gasteiger partial charge in [-0.1, -0.05) is 30.3 Å². The Morgan fingerprint density at radius 2 is 1.67 bits per heavy atom. The maximum Gasteiger partial charge on any atom is 0.152 e. The molecule has 0 atom stereocenters. The van der Waals surface area contributed by atoms with Crippen LogP contribution in [-0.4, -0.2) is 16.9 Å². The molecular weight excluding hydrogens is 298 g/mol. The van der Waals surface area contributed by atoms with Gasteiger partial charge in [0.05, 0.1) is 12.8 Å². The zero-order chi connectivity index (χ0) is 16.4. The number of benzene rings is 3. The lowest BCUT2D eigenvalue weighted by molar-refractivity contribution is 0.415. The van der Waals surface area contributed by atoms with Gasteiger partial charge in [0.2, 0.25) is 0 Å². The Balaban J connectivity index is 1.58. The van der Waals surface area contributed by atoms with Gasteiger partial charge < -0.3 is 10.1 Å². The highest BCUT2D eigenvalue weighted by molar-refractivity contribution is 5.84. The third-order valence-corrected chi connectivity index (χ3v) is 3.95. The summed E-state index contributed by atoms with van der Waals surface area (Å²) >= 11 is 0. The Morgan fingerprint density at radius 3 is 2.46 bits per heavy atom. The van der Waals surface area contributed by atoms with Gasteiger partial charge in [0.1, 0.15) is 5.75 Å². The van der Waals surface area contributed by atoms with Crippen molar-refractivity contribution >= 4 is 22.3 Å². The average Bonchev–Trinajstić information content (AvgIpc) is 3.10. The van der Waals surface area contributed by atoms with Crippen molar-refractivity contribution < 1.29 is 4.74 Å². The molecule has 0 fully saturated rings. The van der Waals surface area contributed by atoms with Crippen LogP contribution in [-0.2, 0) is 0 Å². The fourth-order valence-electron chi connectivity index (χ4n) is 2.68. The Bertz CT molecular complexity index is 974. The van der Waals surface area contributed by atoms with Crippen LogP contribution in [0.3, 0.4) is 0 Å². The minimum atomic E-state index is 0.799. The van der Waals surface area contributed by atoms with Crippen LogP contribution in [0.5, 0.6) is 5.75 Å². The van der Waals surface area contributed by atoms with E-state index in [1.807, 2.05) is 53.3 Å². The lowest BCUT2D eigenvalue weighted by atomic mass is 10.1. The third kappa shape index (κ3) is 2.82. The van der Waals surface area contributed by atoms with E-state index in [9.17, 15) is 0 Å². The van der Waals surface area contributed by atoms with E-state index in [4.69, 9.17) is 4.74 Å². The Kier molecular flexibility index (Phi) is 3.63. The third-order valence-electron chi connectivity index (χ3n) is 3.95. The number of nitrogens with one attached hydrogen (secondary N) is 1. The second-order valence-corrected chi connectivity index (χ2v) is 5.53. The Hall–Kier alpha value is -3.27. The van der Waals surface area contributed by atoms with Gasteiger partial charge in [-0.2, -0.15) is 5.10 Å². The molecule has 4 aromatic rings. The van der Waals surface area contributed by atoms with E-state index in [0.29, 0.717) is 0 Å². The summed E-state index contributed by atoms with van der Waals surface area (Å²) in [6, 6.07) is 24.4. The number of rotatable bonds is 4. The Morgan fingerprint density at radius 1 is 0.875 bits per heavy atom. The van der Waals surface area contributed by atoms with Gasteiger partial charge in [0, 0.05) is 18.0 Å². The molecule has 4 rings (SSSR count). The van der Waals surface area contributed by atoms with E-state index in [1.54, 1.807) is 7.11 Å². The van der Waals surface area contributed by atoms with Crippen LogP contribution in [0.1, 0.15) is 0 Å². The molecule has 0 saturated carbocycles. The number of hydrogen-bond acceptors (Lipinski definition) is 3. The molecule has 24 heavy (non-hydrogen) atoms. The second kappa shape index (κ2) is 6.08. The molecule has 4 heteroatoms. The highest BCUT2D eigenvalue weighted by Crippen LogP contribution is 2.21. The Labute approximate surface area is 140 Å². The van der Waals surface area contributed by atoms with E-state index in [1.165, 1.54) is 10.8 Å². The summed E-state index contributed by atoms with van der Waals surface area (Å²) in [5.74, 6) is 1.63. The summed E-state index contributed by atoms with van der Waals surface area (Å²) in [6.45, 7) is 0. The van der Waals surface area contributed by atoms with Gasteiger partial charge >= 0.3 is 0 Å². The molecular formula is C20H17N3O. The van der Waals surface area contributed by atoms with Gasteiger partial charge in [0.25, 0.3) is 0 Å². The molecule has 1 heterocycles. The first kappa shape index (κ1) is 14.3. The SMILES string of the molecule is COc1ccc(Nc2ccn(-c3ccc4ccccc4c3)n2)cc1. The number of nitrogens with zero attached hydrogens (tertiary/aromatic N) is 2. The molecule has 1 aromatic heterocycles. The second-order valence-electron chi connectivity index (χ2n) is 5.53. The quantitative estimate of drug-likeness (QED) is 0.589. The minimum absolute atomic E-state index is 0.799. The summed E-state index contributed by atoms with van der Waals surface area (Å²) < 4.78 is 7.04. The molecule has 118 valence electrons. The first-order valence-electron chi connectivity index (χ1n) is 7.78.